The van der Waals surface area contributed by atoms with E-state index < -0.39 is 6.10 Å². The van der Waals surface area contributed by atoms with Crippen LogP contribution < -0.4 is 0 Å². The molecule has 86 valence electrons. The van der Waals surface area contributed by atoms with Gasteiger partial charge in [-0.05, 0) is 30.5 Å². The van der Waals surface area contributed by atoms with Crippen LogP contribution in [0.15, 0.2) is 24.3 Å². The van der Waals surface area contributed by atoms with Gasteiger partial charge in [0.15, 0.2) is 0 Å². The third-order valence-electron chi connectivity index (χ3n) is 2.58. The summed E-state index contributed by atoms with van der Waals surface area (Å²) in [6.07, 6.45) is 3.48. The first-order chi connectivity index (χ1) is 7.76. The van der Waals surface area contributed by atoms with Gasteiger partial charge in [-0.1, -0.05) is 50.7 Å². The average Bonchev–Trinajstić information content (AvgIpc) is 2.34. The first-order valence-corrected chi connectivity index (χ1v) is 6.04. The molecule has 1 N–H and O–H groups in total. The van der Waals surface area contributed by atoms with Crippen LogP contribution in [0.2, 0.25) is 0 Å². The molecular weight excluding hydrogens is 196 g/mol. The lowest BCUT2D eigenvalue weighted by Crippen LogP contribution is -2.01. The maximum atomic E-state index is 9.57. The van der Waals surface area contributed by atoms with Crippen molar-refractivity contribution in [2.75, 3.05) is 0 Å². The summed E-state index contributed by atoms with van der Waals surface area (Å²) in [6.45, 7) is 4.25. The molecule has 1 atom stereocenters. The van der Waals surface area contributed by atoms with E-state index in [0.29, 0.717) is 0 Å². The number of aliphatic hydroxyl groups is 1. The largest absolute Gasteiger partial charge is 0.380 e. The van der Waals surface area contributed by atoms with E-state index in [9.17, 15) is 5.11 Å². The summed E-state index contributed by atoms with van der Waals surface area (Å²) in [5.41, 5.74) is 2.30. The number of hydrogen-bond donors (Lipinski definition) is 1. The van der Waals surface area contributed by atoms with E-state index in [1.807, 2.05) is 12.1 Å². The molecule has 0 aliphatic rings. The highest BCUT2D eigenvalue weighted by atomic mass is 16.3. The summed E-state index contributed by atoms with van der Waals surface area (Å²) >= 11 is 0. The van der Waals surface area contributed by atoms with Crippen LogP contribution in [0, 0.1) is 11.8 Å². The minimum absolute atomic E-state index is 0.481. The monoisotopic (exact) mass is 216 g/mol. The molecule has 0 aliphatic carbocycles. The lowest BCUT2D eigenvalue weighted by atomic mass is 10.1. The first kappa shape index (κ1) is 12.8. The Labute approximate surface area is 98.5 Å². The Kier molecular flexibility index (Phi) is 5.67. The summed E-state index contributed by atoms with van der Waals surface area (Å²) in [4.78, 5) is 0. The van der Waals surface area contributed by atoms with Crippen molar-refractivity contribution in [1.82, 2.24) is 0 Å². The molecular formula is C15H20O. The van der Waals surface area contributed by atoms with E-state index in [-0.39, 0.29) is 0 Å². The van der Waals surface area contributed by atoms with Gasteiger partial charge in [0.1, 0.15) is 6.10 Å². The Hall–Kier alpha value is -1.26. The molecule has 0 aliphatic heterocycles. The van der Waals surface area contributed by atoms with E-state index in [1.165, 1.54) is 5.56 Å². The fraction of sp³-hybridized carbons (Fsp3) is 0.467. The summed E-state index contributed by atoms with van der Waals surface area (Å²) in [6, 6.07) is 8.20. The molecule has 0 bridgehead atoms. The summed E-state index contributed by atoms with van der Waals surface area (Å²) in [5.74, 6) is 5.88. The Morgan fingerprint density at radius 3 is 2.44 bits per heavy atom. The number of hydrogen-bond acceptors (Lipinski definition) is 1. The Morgan fingerprint density at radius 1 is 1.19 bits per heavy atom. The third kappa shape index (κ3) is 4.51. The molecule has 1 heteroatoms. The Morgan fingerprint density at radius 2 is 1.88 bits per heavy atom. The van der Waals surface area contributed by atoms with E-state index in [0.717, 1.165) is 31.2 Å². The maximum Gasteiger partial charge on any atom is 0.115 e. The predicted molar refractivity (Wildman–Crippen MR) is 68.2 cm³/mol. The molecule has 0 saturated carbocycles. The van der Waals surface area contributed by atoms with Crippen LogP contribution in [-0.4, -0.2) is 11.2 Å². The Bertz CT molecular complexity index is 353. The van der Waals surface area contributed by atoms with Crippen molar-refractivity contribution in [1.29, 1.82) is 0 Å². The van der Waals surface area contributed by atoms with Crippen molar-refractivity contribution in [2.45, 2.75) is 45.6 Å². The number of benzene rings is 1. The van der Waals surface area contributed by atoms with Gasteiger partial charge in [0.05, 0.1) is 0 Å². The van der Waals surface area contributed by atoms with Gasteiger partial charge in [0.2, 0.25) is 0 Å². The van der Waals surface area contributed by atoms with Gasteiger partial charge in [-0.3, -0.25) is 0 Å². The van der Waals surface area contributed by atoms with Crippen molar-refractivity contribution in [3.8, 4) is 11.8 Å². The van der Waals surface area contributed by atoms with Gasteiger partial charge in [-0.2, -0.15) is 0 Å². The summed E-state index contributed by atoms with van der Waals surface area (Å²) in [5, 5.41) is 9.57. The van der Waals surface area contributed by atoms with Crippen LogP contribution in [0.5, 0.6) is 0 Å². The number of aryl methyl sites for hydroxylation is 1. The van der Waals surface area contributed by atoms with Gasteiger partial charge >= 0.3 is 0 Å². The van der Waals surface area contributed by atoms with Crippen LogP contribution in [-0.2, 0) is 6.42 Å². The van der Waals surface area contributed by atoms with Crippen LogP contribution in [0.1, 0.15) is 44.2 Å². The van der Waals surface area contributed by atoms with Gasteiger partial charge in [0.25, 0.3) is 0 Å². The molecule has 1 aromatic carbocycles. The average molecular weight is 216 g/mol. The van der Waals surface area contributed by atoms with E-state index in [2.05, 4.69) is 37.8 Å². The second-order valence-electron chi connectivity index (χ2n) is 3.98. The van der Waals surface area contributed by atoms with E-state index >= 15 is 0 Å². The zero-order valence-corrected chi connectivity index (χ0v) is 10.2. The Balaban J connectivity index is 2.55. The molecule has 0 spiro atoms. The molecule has 0 heterocycles. The highest BCUT2D eigenvalue weighted by Gasteiger charge is 1.96. The lowest BCUT2D eigenvalue weighted by Gasteiger charge is -2.00. The molecule has 1 nitrogen and oxygen atoms in total. The van der Waals surface area contributed by atoms with Gasteiger partial charge < -0.3 is 5.11 Å². The minimum Gasteiger partial charge on any atom is -0.380 e. The third-order valence-corrected chi connectivity index (χ3v) is 2.58. The second-order valence-corrected chi connectivity index (χ2v) is 3.98. The molecule has 1 unspecified atom stereocenters. The fourth-order valence-corrected chi connectivity index (χ4v) is 1.46. The quantitative estimate of drug-likeness (QED) is 0.767. The van der Waals surface area contributed by atoms with Crippen LogP contribution >= 0.6 is 0 Å². The standard InChI is InChI=1S/C15H20O/c1-3-5-6-15(16)12-11-14-9-7-13(4-2)8-10-14/h7-10,15-16H,3-6H2,1-2H3. The van der Waals surface area contributed by atoms with E-state index in [4.69, 9.17) is 0 Å². The fourth-order valence-electron chi connectivity index (χ4n) is 1.46. The normalized spacial score (nSPS) is 11.7. The second kappa shape index (κ2) is 7.09. The smallest absolute Gasteiger partial charge is 0.115 e. The lowest BCUT2D eigenvalue weighted by molar-refractivity contribution is 0.218. The van der Waals surface area contributed by atoms with E-state index in [1.54, 1.807) is 0 Å². The molecule has 0 saturated heterocycles. The van der Waals surface area contributed by atoms with Crippen molar-refractivity contribution in [3.63, 3.8) is 0 Å². The predicted octanol–water partition coefficient (Wildman–Crippen LogP) is 3.15. The number of aliphatic hydroxyl groups excluding tert-OH is 1. The molecule has 1 rings (SSSR count). The topological polar surface area (TPSA) is 20.2 Å². The first-order valence-electron chi connectivity index (χ1n) is 6.04. The zero-order chi connectivity index (χ0) is 11.8. The van der Waals surface area contributed by atoms with Gasteiger partial charge in [0, 0.05) is 5.56 Å². The molecule has 0 fully saturated rings. The van der Waals surface area contributed by atoms with Crippen molar-refractivity contribution >= 4 is 0 Å². The highest BCUT2D eigenvalue weighted by molar-refractivity contribution is 5.36. The van der Waals surface area contributed by atoms with Gasteiger partial charge in [-0.25, -0.2) is 0 Å². The molecule has 1 aromatic rings. The van der Waals surface area contributed by atoms with Crippen molar-refractivity contribution in [3.05, 3.63) is 35.4 Å². The molecule has 16 heavy (non-hydrogen) atoms. The van der Waals surface area contributed by atoms with Crippen LogP contribution in [0.4, 0.5) is 0 Å². The maximum absolute atomic E-state index is 9.57. The summed E-state index contributed by atoms with van der Waals surface area (Å²) < 4.78 is 0. The SMILES string of the molecule is CCCCC(O)C#Cc1ccc(CC)cc1. The van der Waals surface area contributed by atoms with Crippen LogP contribution in [0.25, 0.3) is 0 Å². The number of unbranched alkanes of at least 4 members (excludes halogenated alkanes) is 1. The minimum atomic E-state index is -0.481. The zero-order valence-electron chi connectivity index (χ0n) is 10.2. The number of rotatable bonds is 4. The molecule has 0 amide bonds. The highest BCUT2D eigenvalue weighted by Crippen LogP contribution is 2.04. The molecule has 0 aromatic heterocycles. The van der Waals surface area contributed by atoms with Crippen molar-refractivity contribution in [2.24, 2.45) is 0 Å². The van der Waals surface area contributed by atoms with Gasteiger partial charge in [-0.15, -0.1) is 0 Å². The molecule has 0 radical (unpaired) electrons. The van der Waals surface area contributed by atoms with Crippen LogP contribution in [0.3, 0.4) is 0 Å². The summed E-state index contributed by atoms with van der Waals surface area (Å²) in [7, 11) is 0. The van der Waals surface area contributed by atoms with Crippen molar-refractivity contribution < 1.29 is 5.11 Å².